The smallest absolute Gasteiger partial charge is 0.326 e. The molecule has 0 aliphatic carbocycles. The normalized spacial score (nSPS) is 11.5. The van der Waals surface area contributed by atoms with E-state index in [0.29, 0.717) is 0 Å². The van der Waals surface area contributed by atoms with Crippen molar-refractivity contribution in [3.63, 3.8) is 0 Å². The van der Waals surface area contributed by atoms with Crippen LogP contribution in [0.4, 0.5) is 16.2 Å². The third-order valence-corrected chi connectivity index (χ3v) is 3.09. The van der Waals surface area contributed by atoms with Crippen molar-refractivity contribution in [2.75, 3.05) is 11.9 Å². The Balaban J connectivity index is 2.77. The topological polar surface area (TPSA) is 142 Å². The number of nitro groups is 1. The van der Waals surface area contributed by atoms with Crippen molar-refractivity contribution in [1.82, 2.24) is 5.32 Å². The van der Waals surface area contributed by atoms with Gasteiger partial charge < -0.3 is 20.8 Å². The van der Waals surface area contributed by atoms with Crippen LogP contribution in [0.25, 0.3) is 0 Å². The van der Waals surface area contributed by atoms with E-state index < -0.39 is 29.6 Å². The van der Waals surface area contributed by atoms with E-state index in [-0.39, 0.29) is 22.3 Å². The number of hydrogen-bond acceptors (Lipinski definition) is 5. The number of rotatable bonds is 6. The van der Waals surface area contributed by atoms with Crippen molar-refractivity contribution >= 4 is 39.3 Å². The average molecular weight is 362 g/mol. The number of aliphatic hydroxyl groups excluding tert-OH is 1. The van der Waals surface area contributed by atoms with Gasteiger partial charge in [-0.25, -0.2) is 9.59 Å². The molecule has 10 heteroatoms. The molecule has 1 atom stereocenters. The molecule has 9 nitrogen and oxygen atoms in total. The van der Waals surface area contributed by atoms with Crippen LogP contribution in [0.15, 0.2) is 22.7 Å². The third kappa shape index (κ3) is 5.00. The van der Waals surface area contributed by atoms with Gasteiger partial charge in [-0.2, -0.15) is 0 Å². The van der Waals surface area contributed by atoms with Crippen LogP contribution >= 0.6 is 15.9 Å². The Labute approximate surface area is 127 Å². The summed E-state index contributed by atoms with van der Waals surface area (Å²) in [6.07, 6.45) is -0.150. The van der Waals surface area contributed by atoms with Gasteiger partial charge in [0.2, 0.25) is 0 Å². The lowest BCUT2D eigenvalue weighted by Gasteiger charge is -2.14. The molecule has 0 saturated heterocycles. The Bertz CT molecular complexity index is 565. The van der Waals surface area contributed by atoms with Gasteiger partial charge in [-0.1, -0.05) is 0 Å². The van der Waals surface area contributed by atoms with E-state index in [0.717, 1.165) is 6.07 Å². The van der Waals surface area contributed by atoms with Gasteiger partial charge >= 0.3 is 12.0 Å². The fourth-order valence-electron chi connectivity index (χ4n) is 1.44. The summed E-state index contributed by atoms with van der Waals surface area (Å²) in [4.78, 5) is 32.6. The van der Waals surface area contributed by atoms with Crippen LogP contribution in [-0.2, 0) is 4.79 Å². The molecule has 1 rings (SSSR count). The second-order valence-corrected chi connectivity index (χ2v) is 4.78. The fourth-order valence-corrected chi connectivity index (χ4v) is 1.83. The summed E-state index contributed by atoms with van der Waals surface area (Å²) >= 11 is 3.00. The summed E-state index contributed by atoms with van der Waals surface area (Å²) in [6, 6.07) is 1.84. The van der Waals surface area contributed by atoms with E-state index >= 15 is 0 Å². The van der Waals surface area contributed by atoms with Crippen LogP contribution in [0.1, 0.15) is 6.42 Å². The molecule has 0 aliphatic heterocycles. The number of aliphatic hydroxyl groups is 1. The molecule has 0 spiro atoms. The molecule has 0 fully saturated rings. The first-order chi connectivity index (χ1) is 9.85. The average Bonchev–Trinajstić information content (AvgIpc) is 2.40. The van der Waals surface area contributed by atoms with E-state index in [9.17, 15) is 19.7 Å². The molecule has 0 heterocycles. The lowest BCUT2D eigenvalue weighted by molar-refractivity contribution is -0.385. The molecule has 0 saturated carbocycles. The number of amides is 2. The van der Waals surface area contributed by atoms with Crippen molar-refractivity contribution in [3.8, 4) is 0 Å². The quantitative estimate of drug-likeness (QED) is 0.444. The van der Waals surface area contributed by atoms with E-state index in [1.165, 1.54) is 12.1 Å². The lowest BCUT2D eigenvalue weighted by atomic mass is 10.2. The van der Waals surface area contributed by atoms with E-state index in [2.05, 4.69) is 26.6 Å². The Morgan fingerprint density at radius 1 is 1.43 bits per heavy atom. The number of carboxylic acids is 1. The summed E-state index contributed by atoms with van der Waals surface area (Å²) in [5, 5.41) is 32.7. The van der Waals surface area contributed by atoms with Crippen LogP contribution < -0.4 is 10.6 Å². The van der Waals surface area contributed by atoms with Crippen molar-refractivity contribution in [2.45, 2.75) is 12.5 Å². The van der Waals surface area contributed by atoms with E-state index in [1.54, 1.807) is 0 Å². The van der Waals surface area contributed by atoms with Crippen molar-refractivity contribution < 1.29 is 24.7 Å². The Morgan fingerprint density at radius 3 is 2.62 bits per heavy atom. The monoisotopic (exact) mass is 361 g/mol. The van der Waals surface area contributed by atoms with Crippen molar-refractivity contribution in [2.24, 2.45) is 0 Å². The predicted octanol–water partition coefficient (Wildman–Crippen LogP) is 1.31. The molecule has 2 amide bonds. The van der Waals surface area contributed by atoms with Gasteiger partial charge in [0, 0.05) is 24.8 Å². The van der Waals surface area contributed by atoms with Gasteiger partial charge in [-0.05, 0) is 28.1 Å². The Kier molecular flexibility index (Phi) is 6.06. The molecule has 1 aromatic carbocycles. The van der Waals surface area contributed by atoms with Crippen LogP contribution in [0.2, 0.25) is 0 Å². The minimum Gasteiger partial charge on any atom is -0.480 e. The van der Waals surface area contributed by atoms with Crippen LogP contribution in [-0.4, -0.2) is 39.8 Å². The summed E-state index contributed by atoms with van der Waals surface area (Å²) in [7, 11) is 0. The molecule has 0 radical (unpaired) electrons. The van der Waals surface area contributed by atoms with Crippen LogP contribution in [0.5, 0.6) is 0 Å². The lowest BCUT2D eigenvalue weighted by Crippen LogP contribution is -2.43. The first kappa shape index (κ1) is 16.9. The second-order valence-electron chi connectivity index (χ2n) is 3.92. The number of hydrogen-bond donors (Lipinski definition) is 4. The zero-order valence-corrected chi connectivity index (χ0v) is 12.2. The van der Waals surface area contributed by atoms with Gasteiger partial charge in [0.05, 0.1) is 9.40 Å². The standard InChI is InChI=1S/C11H12BrN3O6/c12-7-2-1-6(5-9(7)15(20)21)13-11(19)14-8(3-4-16)10(17)18/h1-2,5,8,16H,3-4H2,(H,17,18)(H2,13,14,19)/t8-/m1/s1. The number of nitrogens with zero attached hydrogens (tertiary/aromatic N) is 1. The highest BCUT2D eigenvalue weighted by atomic mass is 79.9. The third-order valence-electron chi connectivity index (χ3n) is 2.42. The minimum absolute atomic E-state index is 0.135. The van der Waals surface area contributed by atoms with Crippen LogP contribution in [0.3, 0.4) is 0 Å². The SMILES string of the molecule is O=C(Nc1ccc(Br)c([N+](=O)[O-])c1)N[C@H](CCO)C(=O)O. The maximum Gasteiger partial charge on any atom is 0.326 e. The molecule has 0 unspecified atom stereocenters. The minimum atomic E-state index is -1.29. The number of carboxylic acid groups (broad SMARTS) is 1. The molecule has 114 valence electrons. The van der Waals surface area contributed by atoms with E-state index in [4.69, 9.17) is 10.2 Å². The molecule has 0 aromatic heterocycles. The number of benzene rings is 1. The fraction of sp³-hybridized carbons (Fsp3) is 0.273. The summed E-state index contributed by atoms with van der Waals surface area (Å²) in [5.41, 5.74) is -0.103. The number of nitrogens with one attached hydrogen (secondary N) is 2. The van der Waals surface area contributed by atoms with Crippen molar-refractivity contribution in [3.05, 3.63) is 32.8 Å². The first-order valence-electron chi connectivity index (χ1n) is 5.70. The van der Waals surface area contributed by atoms with Gasteiger partial charge in [-0.3, -0.25) is 10.1 Å². The summed E-state index contributed by atoms with van der Waals surface area (Å²) in [6.45, 7) is -0.402. The number of halogens is 1. The molecule has 1 aromatic rings. The number of carbonyl (C=O) groups is 2. The van der Waals surface area contributed by atoms with Crippen LogP contribution in [0, 0.1) is 10.1 Å². The Hall–Kier alpha value is -2.20. The predicted molar refractivity (Wildman–Crippen MR) is 76.1 cm³/mol. The number of aliphatic carboxylic acids is 1. The Morgan fingerprint density at radius 2 is 2.10 bits per heavy atom. The number of anilines is 1. The number of nitro benzene ring substituents is 1. The zero-order chi connectivity index (χ0) is 16.0. The second kappa shape index (κ2) is 7.55. The van der Waals surface area contributed by atoms with Gasteiger partial charge in [-0.15, -0.1) is 0 Å². The first-order valence-corrected chi connectivity index (χ1v) is 6.49. The molecule has 0 bridgehead atoms. The molecular weight excluding hydrogens is 350 g/mol. The van der Waals surface area contributed by atoms with E-state index in [1.807, 2.05) is 0 Å². The highest BCUT2D eigenvalue weighted by molar-refractivity contribution is 9.10. The largest absolute Gasteiger partial charge is 0.480 e. The zero-order valence-electron chi connectivity index (χ0n) is 10.6. The number of urea groups is 1. The summed E-state index contributed by atoms with van der Waals surface area (Å²) < 4.78 is 0.252. The highest BCUT2D eigenvalue weighted by Gasteiger charge is 2.20. The molecule has 4 N–H and O–H groups in total. The van der Waals surface area contributed by atoms with Gasteiger partial charge in [0.25, 0.3) is 5.69 Å². The maximum atomic E-state index is 11.6. The summed E-state index contributed by atoms with van der Waals surface area (Å²) in [5.74, 6) is -1.29. The molecule has 21 heavy (non-hydrogen) atoms. The van der Waals surface area contributed by atoms with Gasteiger partial charge in [0.15, 0.2) is 0 Å². The van der Waals surface area contributed by atoms with Gasteiger partial charge in [0.1, 0.15) is 6.04 Å². The molecular formula is C11H12BrN3O6. The van der Waals surface area contributed by atoms with Crippen molar-refractivity contribution in [1.29, 1.82) is 0 Å². The number of carbonyl (C=O) groups excluding carboxylic acids is 1. The maximum absolute atomic E-state index is 11.6. The molecule has 0 aliphatic rings. The highest BCUT2D eigenvalue weighted by Crippen LogP contribution is 2.27.